The number of carbonyl (C=O) groups is 1. The van der Waals surface area contributed by atoms with Crippen LogP contribution in [0, 0.1) is 0 Å². The molecular formula is C14H21NOS. The molecule has 0 aliphatic heterocycles. The molecule has 0 radical (unpaired) electrons. The zero-order chi connectivity index (χ0) is 12.1. The molecule has 1 fully saturated rings. The van der Waals surface area contributed by atoms with Crippen molar-refractivity contribution in [1.29, 1.82) is 0 Å². The van der Waals surface area contributed by atoms with Crippen LogP contribution in [0.1, 0.15) is 44.6 Å². The maximum Gasteiger partial charge on any atom is 0.132 e. The lowest BCUT2D eigenvalue weighted by molar-refractivity contribution is -0.118. The highest BCUT2D eigenvalue weighted by atomic mass is 32.1. The largest absolute Gasteiger partial charge is 0.300 e. The minimum atomic E-state index is 0.399. The van der Waals surface area contributed by atoms with Gasteiger partial charge in [-0.2, -0.15) is 11.3 Å². The number of hydrogen-bond donors (Lipinski definition) is 0. The molecule has 0 spiro atoms. The summed E-state index contributed by atoms with van der Waals surface area (Å²) in [6, 6.07) is 2.99. The molecule has 17 heavy (non-hydrogen) atoms. The molecule has 1 aliphatic rings. The van der Waals surface area contributed by atoms with Crippen molar-refractivity contribution in [1.82, 2.24) is 4.90 Å². The number of Topliss-reactive ketones (excluding diaryl/α,β-unsaturated/α-hetero) is 1. The molecule has 1 aliphatic carbocycles. The maximum atomic E-state index is 11.3. The Morgan fingerprint density at radius 3 is 2.94 bits per heavy atom. The average molecular weight is 251 g/mol. The minimum absolute atomic E-state index is 0.399. The third-order valence-corrected chi connectivity index (χ3v) is 4.06. The first kappa shape index (κ1) is 12.8. The Balaban J connectivity index is 1.75. The Bertz CT molecular complexity index is 343. The topological polar surface area (TPSA) is 20.3 Å². The fraction of sp³-hybridized carbons (Fsp3) is 0.643. The van der Waals surface area contributed by atoms with Crippen LogP contribution < -0.4 is 0 Å². The van der Waals surface area contributed by atoms with Gasteiger partial charge in [0.25, 0.3) is 0 Å². The smallest absolute Gasteiger partial charge is 0.132 e. The molecule has 0 amide bonds. The Morgan fingerprint density at radius 2 is 2.35 bits per heavy atom. The predicted octanol–water partition coefficient (Wildman–Crippen LogP) is 3.47. The first-order valence-corrected chi connectivity index (χ1v) is 7.50. The van der Waals surface area contributed by atoms with E-state index in [1.807, 2.05) is 6.92 Å². The molecular weight excluding hydrogens is 230 g/mol. The maximum absolute atomic E-state index is 11.3. The van der Waals surface area contributed by atoms with Crippen molar-refractivity contribution in [3.05, 3.63) is 22.4 Å². The summed E-state index contributed by atoms with van der Waals surface area (Å²) in [5.74, 6) is 0.399. The zero-order valence-electron chi connectivity index (χ0n) is 10.5. The van der Waals surface area contributed by atoms with Crippen molar-refractivity contribution >= 4 is 17.1 Å². The van der Waals surface area contributed by atoms with E-state index in [9.17, 15) is 4.79 Å². The van der Waals surface area contributed by atoms with E-state index >= 15 is 0 Å². The monoisotopic (exact) mass is 251 g/mol. The van der Waals surface area contributed by atoms with Gasteiger partial charge in [-0.3, -0.25) is 9.69 Å². The fourth-order valence-corrected chi connectivity index (χ4v) is 2.76. The summed E-state index contributed by atoms with van der Waals surface area (Å²) in [5, 5.41) is 4.37. The lowest BCUT2D eigenvalue weighted by atomic mass is 10.1. The van der Waals surface area contributed by atoms with Gasteiger partial charge in [-0.1, -0.05) is 6.92 Å². The molecule has 94 valence electrons. The van der Waals surface area contributed by atoms with Gasteiger partial charge in [-0.25, -0.2) is 0 Å². The van der Waals surface area contributed by atoms with Crippen molar-refractivity contribution < 1.29 is 4.79 Å². The quantitative estimate of drug-likeness (QED) is 0.705. The van der Waals surface area contributed by atoms with Crippen LogP contribution in [0.25, 0.3) is 0 Å². The van der Waals surface area contributed by atoms with E-state index in [0.717, 1.165) is 32.0 Å². The van der Waals surface area contributed by atoms with Crippen molar-refractivity contribution in [2.75, 3.05) is 6.54 Å². The molecule has 1 aromatic rings. The highest BCUT2D eigenvalue weighted by molar-refractivity contribution is 7.07. The van der Waals surface area contributed by atoms with E-state index in [2.05, 4.69) is 21.7 Å². The van der Waals surface area contributed by atoms with E-state index in [0.29, 0.717) is 12.2 Å². The van der Waals surface area contributed by atoms with Crippen molar-refractivity contribution in [3.63, 3.8) is 0 Å². The van der Waals surface area contributed by atoms with Crippen molar-refractivity contribution in [3.8, 4) is 0 Å². The van der Waals surface area contributed by atoms with Crippen LogP contribution in [0.15, 0.2) is 16.8 Å². The van der Waals surface area contributed by atoms with Gasteiger partial charge in [-0.15, -0.1) is 0 Å². The lowest BCUT2D eigenvalue weighted by Crippen LogP contribution is -2.26. The van der Waals surface area contributed by atoms with Gasteiger partial charge < -0.3 is 0 Å². The van der Waals surface area contributed by atoms with Crippen LogP contribution in [0.2, 0.25) is 0 Å². The first-order chi connectivity index (χ1) is 8.29. The van der Waals surface area contributed by atoms with Crippen LogP contribution in [-0.2, 0) is 11.3 Å². The minimum Gasteiger partial charge on any atom is -0.300 e. The highest BCUT2D eigenvalue weighted by Gasteiger charge is 2.28. The van der Waals surface area contributed by atoms with Gasteiger partial charge in [0.05, 0.1) is 0 Å². The summed E-state index contributed by atoms with van der Waals surface area (Å²) in [6.07, 6.45) is 5.14. The van der Waals surface area contributed by atoms with Gasteiger partial charge in [0, 0.05) is 25.4 Å². The first-order valence-electron chi connectivity index (χ1n) is 6.56. The highest BCUT2D eigenvalue weighted by Crippen LogP contribution is 2.28. The number of thiophene rings is 1. The third-order valence-electron chi connectivity index (χ3n) is 3.32. The van der Waals surface area contributed by atoms with Gasteiger partial charge >= 0.3 is 0 Å². The molecule has 1 saturated carbocycles. The van der Waals surface area contributed by atoms with E-state index in [-0.39, 0.29) is 0 Å². The lowest BCUT2D eigenvalue weighted by Gasteiger charge is -2.21. The van der Waals surface area contributed by atoms with Crippen molar-refractivity contribution in [2.24, 2.45) is 0 Å². The molecule has 2 nitrogen and oxygen atoms in total. The molecule has 2 rings (SSSR count). The van der Waals surface area contributed by atoms with Gasteiger partial charge in [0.1, 0.15) is 5.78 Å². The SMILES string of the molecule is CCC(=O)CCCN(Cc1ccsc1)C1CC1. The van der Waals surface area contributed by atoms with Crippen LogP contribution in [-0.4, -0.2) is 23.3 Å². The zero-order valence-corrected chi connectivity index (χ0v) is 11.3. The summed E-state index contributed by atoms with van der Waals surface area (Å²) in [6.45, 7) is 4.09. The second kappa shape index (κ2) is 6.31. The van der Waals surface area contributed by atoms with E-state index < -0.39 is 0 Å². The standard InChI is InChI=1S/C14H21NOS/c1-2-14(16)4-3-8-15(13-5-6-13)10-12-7-9-17-11-12/h7,9,11,13H,2-6,8,10H2,1H3. The summed E-state index contributed by atoms with van der Waals surface area (Å²) in [4.78, 5) is 13.8. The van der Waals surface area contributed by atoms with Crippen LogP contribution in [0.4, 0.5) is 0 Å². The number of nitrogens with zero attached hydrogens (tertiary/aromatic N) is 1. The summed E-state index contributed by atoms with van der Waals surface area (Å²) < 4.78 is 0. The fourth-order valence-electron chi connectivity index (χ4n) is 2.10. The molecule has 0 unspecified atom stereocenters. The third kappa shape index (κ3) is 4.25. The summed E-state index contributed by atoms with van der Waals surface area (Å²) in [7, 11) is 0. The van der Waals surface area contributed by atoms with Crippen LogP contribution in [0.3, 0.4) is 0 Å². The second-order valence-electron chi connectivity index (χ2n) is 4.83. The molecule has 1 heterocycles. The Morgan fingerprint density at radius 1 is 1.53 bits per heavy atom. The Hall–Kier alpha value is -0.670. The van der Waals surface area contributed by atoms with Gasteiger partial charge in [-0.05, 0) is 48.2 Å². The Labute approximate surface area is 108 Å². The number of carbonyl (C=O) groups excluding carboxylic acids is 1. The normalized spacial score (nSPS) is 15.4. The Kier molecular flexibility index (Phi) is 4.75. The van der Waals surface area contributed by atoms with E-state index in [1.165, 1.54) is 18.4 Å². The molecule has 0 aromatic carbocycles. The van der Waals surface area contributed by atoms with Crippen molar-refractivity contribution in [2.45, 2.75) is 51.6 Å². The summed E-state index contributed by atoms with van der Waals surface area (Å²) >= 11 is 1.77. The van der Waals surface area contributed by atoms with E-state index in [4.69, 9.17) is 0 Å². The van der Waals surface area contributed by atoms with E-state index in [1.54, 1.807) is 11.3 Å². The predicted molar refractivity (Wildman–Crippen MR) is 72.3 cm³/mol. The van der Waals surface area contributed by atoms with Gasteiger partial charge in [0.2, 0.25) is 0 Å². The molecule has 0 N–H and O–H groups in total. The second-order valence-corrected chi connectivity index (χ2v) is 5.61. The van der Waals surface area contributed by atoms with Gasteiger partial charge in [0.15, 0.2) is 0 Å². The number of ketones is 1. The van der Waals surface area contributed by atoms with Crippen LogP contribution >= 0.6 is 11.3 Å². The summed E-state index contributed by atoms with van der Waals surface area (Å²) in [5.41, 5.74) is 1.42. The average Bonchev–Trinajstić information content (AvgIpc) is 3.06. The molecule has 3 heteroatoms. The number of rotatable bonds is 8. The molecule has 1 aromatic heterocycles. The molecule has 0 bridgehead atoms. The van der Waals surface area contributed by atoms with Crippen LogP contribution in [0.5, 0.6) is 0 Å². The molecule has 0 atom stereocenters. The number of hydrogen-bond acceptors (Lipinski definition) is 3. The molecule has 0 saturated heterocycles.